The molecule has 0 amide bonds. The number of thioether (sulfide) groups is 1. The Morgan fingerprint density at radius 2 is 2.11 bits per heavy atom. The molecule has 5 heteroatoms. The summed E-state index contributed by atoms with van der Waals surface area (Å²) in [5.41, 5.74) is 1.05. The van der Waals surface area contributed by atoms with Gasteiger partial charge in [0.05, 0.1) is 13.5 Å². The summed E-state index contributed by atoms with van der Waals surface area (Å²) in [5, 5.41) is 9.27. The number of para-hydroxylation sites is 1. The first-order chi connectivity index (χ1) is 9.22. The van der Waals surface area contributed by atoms with Crippen molar-refractivity contribution in [2.75, 3.05) is 7.11 Å². The standard InChI is InChI=1S/C14H18N2O2S/c1-4-10(2)19-14-16-15-13(18-14)9-11-7-5-6-8-12(11)17-3/h5-8,10H,4,9H2,1-3H3. The molecule has 1 unspecified atom stereocenters. The molecule has 0 saturated heterocycles. The summed E-state index contributed by atoms with van der Waals surface area (Å²) >= 11 is 1.61. The minimum Gasteiger partial charge on any atom is -0.496 e. The van der Waals surface area contributed by atoms with Crippen molar-refractivity contribution in [2.45, 2.75) is 37.2 Å². The molecule has 102 valence electrons. The summed E-state index contributed by atoms with van der Waals surface area (Å²) in [6.07, 6.45) is 1.67. The number of hydrogen-bond acceptors (Lipinski definition) is 5. The first-order valence-corrected chi connectivity index (χ1v) is 7.21. The molecule has 0 fully saturated rings. The molecule has 0 radical (unpaired) electrons. The zero-order chi connectivity index (χ0) is 13.7. The van der Waals surface area contributed by atoms with Gasteiger partial charge in [0.25, 0.3) is 5.22 Å². The molecule has 0 saturated carbocycles. The van der Waals surface area contributed by atoms with Gasteiger partial charge in [-0.3, -0.25) is 0 Å². The zero-order valence-electron chi connectivity index (χ0n) is 11.4. The Morgan fingerprint density at radius 3 is 2.84 bits per heavy atom. The van der Waals surface area contributed by atoms with Crippen LogP contribution >= 0.6 is 11.8 Å². The fourth-order valence-electron chi connectivity index (χ4n) is 1.62. The first kappa shape index (κ1) is 13.9. The van der Waals surface area contributed by atoms with Gasteiger partial charge < -0.3 is 9.15 Å². The molecule has 0 N–H and O–H groups in total. The third-order valence-corrected chi connectivity index (χ3v) is 3.96. The lowest BCUT2D eigenvalue weighted by Crippen LogP contribution is -1.93. The zero-order valence-corrected chi connectivity index (χ0v) is 12.2. The van der Waals surface area contributed by atoms with Crippen LogP contribution in [0.5, 0.6) is 5.75 Å². The van der Waals surface area contributed by atoms with Gasteiger partial charge >= 0.3 is 0 Å². The van der Waals surface area contributed by atoms with Crippen LogP contribution in [0.2, 0.25) is 0 Å². The molecule has 1 atom stereocenters. The highest BCUT2D eigenvalue weighted by atomic mass is 32.2. The van der Waals surface area contributed by atoms with E-state index in [1.807, 2.05) is 24.3 Å². The number of aromatic nitrogens is 2. The van der Waals surface area contributed by atoms with Gasteiger partial charge in [-0.25, -0.2) is 0 Å². The van der Waals surface area contributed by atoms with E-state index < -0.39 is 0 Å². The first-order valence-electron chi connectivity index (χ1n) is 6.33. The summed E-state index contributed by atoms with van der Waals surface area (Å²) in [4.78, 5) is 0. The number of ether oxygens (including phenoxy) is 1. The molecular formula is C14H18N2O2S. The van der Waals surface area contributed by atoms with E-state index in [9.17, 15) is 0 Å². The van der Waals surface area contributed by atoms with Crippen LogP contribution in [0, 0.1) is 0 Å². The Kier molecular flexibility index (Phi) is 4.85. The van der Waals surface area contributed by atoms with Crippen molar-refractivity contribution in [1.29, 1.82) is 0 Å². The maximum Gasteiger partial charge on any atom is 0.276 e. The largest absolute Gasteiger partial charge is 0.496 e. The van der Waals surface area contributed by atoms with Crippen LogP contribution in [0.1, 0.15) is 31.7 Å². The predicted molar refractivity (Wildman–Crippen MR) is 75.7 cm³/mol. The summed E-state index contributed by atoms with van der Waals surface area (Å²) in [6, 6.07) is 7.86. The quantitative estimate of drug-likeness (QED) is 0.756. The van der Waals surface area contributed by atoms with Gasteiger partial charge in [-0.15, -0.1) is 10.2 Å². The van der Waals surface area contributed by atoms with E-state index in [2.05, 4.69) is 24.0 Å². The lowest BCUT2D eigenvalue weighted by molar-refractivity contribution is 0.400. The molecule has 0 aliphatic rings. The molecule has 1 aromatic heterocycles. The molecule has 2 rings (SSSR count). The Hall–Kier alpha value is -1.49. The van der Waals surface area contributed by atoms with Gasteiger partial charge in [-0.1, -0.05) is 43.8 Å². The van der Waals surface area contributed by atoms with Crippen molar-refractivity contribution in [3.63, 3.8) is 0 Å². The van der Waals surface area contributed by atoms with E-state index in [1.54, 1.807) is 18.9 Å². The van der Waals surface area contributed by atoms with Gasteiger partial charge in [0.1, 0.15) is 5.75 Å². The average molecular weight is 278 g/mol. The van der Waals surface area contributed by atoms with Crippen LogP contribution in [-0.2, 0) is 6.42 Å². The third-order valence-electron chi connectivity index (χ3n) is 2.86. The van der Waals surface area contributed by atoms with Crippen LogP contribution in [0.15, 0.2) is 33.9 Å². The van der Waals surface area contributed by atoms with Crippen molar-refractivity contribution in [2.24, 2.45) is 0 Å². The maximum atomic E-state index is 5.64. The van der Waals surface area contributed by atoms with Crippen molar-refractivity contribution in [1.82, 2.24) is 10.2 Å². The fourth-order valence-corrected chi connectivity index (χ4v) is 2.37. The van der Waals surface area contributed by atoms with Gasteiger partial charge in [-0.2, -0.15) is 0 Å². The lowest BCUT2D eigenvalue weighted by atomic mass is 10.1. The van der Waals surface area contributed by atoms with Gasteiger partial charge in [0, 0.05) is 10.8 Å². The van der Waals surface area contributed by atoms with E-state index >= 15 is 0 Å². The minimum atomic E-state index is 0.486. The SMILES string of the molecule is CCC(C)Sc1nnc(Cc2ccccc2OC)o1. The Balaban J connectivity index is 2.07. The van der Waals surface area contributed by atoms with Gasteiger partial charge in [0.15, 0.2) is 0 Å². The minimum absolute atomic E-state index is 0.486. The lowest BCUT2D eigenvalue weighted by Gasteiger charge is -2.05. The van der Waals surface area contributed by atoms with Crippen molar-refractivity contribution < 1.29 is 9.15 Å². The van der Waals surface area contributed by atoms with Gasteiger partial charge in [0.2, 0.25) is 5.89 Å². The van der Waals surface area contributed by atoms with Crippen LogP contribution < -0.4 is 4.74 Å². The van der Waals surface area contributed by atoms with E-state index in [-0.39, 0.29) is 0 Å². The van der Waals surface area contributed by atoms with Crippen LogP contribution in [0.3, 0.4) is 0 Å². The average Bonchev–Trinajstić information content (AvgIpc) is 2.86. The normalized spacial score (nSPS) is 12.4. The molecular weight excluding hydrogens is 260 g/mol. The Bertz CT molecular complexity index is 528. The van der Waals surface area contributed by atoms with Crippen molar-refractivity contribution in [3.05, 3.63) is 35.7 Å². The predicted octanol–water partition coefficient (Wildman–Crippen LogP) is 3.56. The number of benzene rings is 1. The highest BCUT2D eigenvalue weighted by Gasteiger charge is 2.12. The molecule has 0 bridgehead atoms. The van der Waals surface area contributed by atoms with Crippen LogP contribution in [0.4, 0.5) is 0 Å². The summed E-state index contributed by atoms with van der Waals surface area (Å²) in [7, 11) is 1.66. The summed E-state index contributed by atoms with van der Waals surface area (Å²) in [5.74, 6) is 1.46. The fraction of sp³-hybridized carbons (Fsp3) is 0.429. The van der Waals surface area contributed by atoms with Crippen LogP contribution in [-0.4, -0.2) is 22.6 Å². The highest BCUT2D eigenvalue weighted by Crippen LogP contribution is 2.25. The van der Waals surface area contributed by atoms with Crippen molar-refractivity contribution >= 4 is 11.8 Å². The number of rotatable bonds is 6. The molecule has 4 nitrogen and oxygen atoms in total. The maximum absolute atomic E-state index is 5.64. The van der Waals surface area contributed by atoms with Crippen LogP contribution in [0.25, 0.3) is 0 Å². The van der Waals surface area contributed by atoms with E-state index in [0.717, 1.165) is 17.7 Å². The van der Waals surface area contributed by atoms with E-state index in [4.69, 9.17) is 9.15 Å². The number of methoxy groups -OCH3 is 1. The second-order valence-electron chi connectivity index (χ2n) is 4.29. The third kappa shape index (κ3) is 3.73. The molecule has 2 aromatic rings. The number of hydrogen-bond donors (Lipinski definition) is 0. The molecule has 0 aliphatic carbocycles. The monoisotopic (exact) mass is 278 g/mol. The Labute approximate surface area is 117 Å². The molecule has 0 aliphatic heterocycles. The van der Waals surface area contributed by atoms with E-state index in [1.165, 1.54) is 0 Å². The highest BCUT2D eigenvalue weighted by molar-refractivity contribution is 7.99. The molecule has 1 aromatic carbocycles. The smallest absolute Gasteiger partial charge is 0.276 e. The summed E-state index contributed by atoms with van der Waals surface area (Å²) in [6.45, 7) is 4.29. The van der Waals surface area contributed by atoms with Gasteiger partial charge in [-0.05, 0) is 12.5 Å². The van der Waals surface area contributed by atoms with E-state index in [0.29, 0.717) is 22.8 Å². The molecule has 19 heavy (non-hydrogen) atoms. The topological polar surface area (TPSA) is 48.2 Å². The second-order valence-corrected chi connectivity index (χ2v) is 5.68. The molecule has 1 heterocycles. The molecule has 0 spiro atoms. The second kappa shape index (κ2) is 6.61. The summed E-state index contributed by atoms with van der Waals surface area (Å²) < 4.78 is 11.0. The number of nitrogens with zero attached hydrogens (tertiary/aromatic N) is 2. The van der Waals surface area contributed by atoms with Crippen molar-refractivity contribution in [3.8, 4) is 5.75 Å². The Morgan fingerprint density at radius 1 is 1.32 bits per heavy atom.